The van der Waals surface area contributed by atoms with Crippen LogP contribution in [0, 0.1) is 5.92 Å². The molecule has 0 heterocycles. The molecule has 20 heavy (non-hydrogen) atoms. The van der Waals surface area contributed by atoms with Crippen molar-refractivity contribution in [3.8, 4) is 0 Å². The third kappa shape index (κ3) is 3.47. The molecule has 4 heteroatoms. The van der Waals surface area contributed by atoms with Gasteiger partial charge >= 0.3 is 5.97 Å². The molecule has 0 spiro atoms. The van der Waals surface area contributed by atoms with Crippen LogP contribution in [-0.2, 0) is 20.9 Å². The number of ether oxygens (including phenoxy) is 1. The third-order valence-electron chi connectivity index (χ3n) is 3.48. The minimum absolute atomic E-state index is 0.177. The van der Waals surface area contributed by atoms with E-state index in [0.29, 0.717) is 18.5 Å². The second-order valence-corrected chi connectivity index (χ2v) is 4.83. The van der Waals surface area contributed by atoms with Crippen molar-refractivity contribution in [2.24, 2.45) is 5.92 Å². The Hall–Kier alpha value is -2.10. The summed E-state index contributed by atoms with van der Waals surface area (Å²) in [4.78, 5) is 23.9. The Kier molecular flexibility index (Phi) is 4.93. The summed E-state index contributed by atoms with van der Waals surface area (Å²) >= 11 is 0. The first-order valence-electron chi connectivity index (χ1n) is 6.82. The zero-order valence-electron chi connectivity index (χ0n) is 11.6. The van der Waals surface area contributed by atoms with E-state index in [1.807, 2.05) is 36.4 Å². The molecule has 0 aliphatic heterocycles. The highest BCUT2D eigenvalue weighted by atomic mass is 16.5. The summed E-state index contributed by atoms with van der Waals surface area (Å²) in [7, 11) is 1.36. The van der Waals surface area contributed by atoms with Gasteiger partial charge in [-0.1, -0.05) is 36.4 Å². The van der Waals surface area contributed by atoms with E-state index in [1.54, 1.807) is 0 Å². The van der Waals surface area contributed by atoms with Crippen molar-refractivity contribution < 1.29 is 14.3 Å². The lowest BCUT2D eigenvalue weighted by molar-refractivity contribution is -0.145. The van der Waals surface area contributed by atoms with Crippen molar-refractivity contribution in [3.05, 3.63) is 47.5 Å². The Morgan fingerprint density at radius 2 is 2.05 bits per heavy atom. The molecule has 0 bridgehead atoms. The van der Waals surface area contributed by atoms with Crippen LogP contribution in [0.4, 0.5) is 0 Å². The highest BCUT2D eigenvalue weighted by Gasteiger charge is 2.29. The maximum Gasteiger partial charge on any atom is 0.313 e. The second kappa shape index (κ2) is 6.89. The number of hydrogen-bond acceptors (Lipinski definition) is 3. The number of allylic oxidation sites excluding steroid dienone is 1. The fourth-order valence-corrected chi connectivity index (χ4v) is 2.40. The molecule has 0 saturated heterocycles. The minimum atomic E-state index is -0.426. The van der Waals surface area contributed by atoms with E-state index >= 15 is 0 Å². The lowest BCUT2D eigenvalue weighted by atomic mass is 9.87. The van der Waals surface area contributed by atoms with Gasteiger partial charge in [-0.3, -0.25) is 9.59 Å². The average molecular weight is 273 g/mol. The Labute approximate surface area is 118 Å². The quantitative estimate of drug-likeness (QED) is 0.856. The Morgan fingerprint density at radius 1 is 1.30 bits per heavy atom. The van der Waals surface area contributed by atoms with E-state index in [4.69, 9.17) is 4.74 Å². The van der Waals surface area contributed by atoms with Gasteiger partial charge in [-0.15, -0.1) is 0 Å². The summed E-state index contributed by atoms with van der Waals surface area (Å²) in [6.07, 6.45) is 4.28. The molecule has 4 nitrogen and oxygen atoms in total. The van der Waals surface area contributed by atoms with E-state index in [1.165, 1.54) is 7.11 Å². The van der Waals surface area contributed by atoms with E-state index in [0.717, 1.165) is 18.4 Å². The van der Waals surface area contributed by atoms with Crippen molar-refractivity contribution in [2.75, 3.05) is 7.11 Å². The summed E-state index contributed by atoms with van der Waals surface area (Å²) in [6.45, 7) is 0.463. The number of benzene rings is 1. The number of rotatable bonds is 4. The van der Waals surface area contributed by atoms with E-state index in [9.17, 15) is 9.59 Å². The second-order valence-electron chi connectivity index (χ2n) is 4.83. The van der Waals surface area contributed by atoms with Crippen LogP contribution in [0.25, 0.3) is 0 Å². The van der Waals surface area contributed by atoms with Gasteiger partial charge in [-0.2, -0.15) is 0 Å². The van der Waals surface area contributed by atoms with Crippen molar-refractivity contribution >= 4 is 11.9 Å². The molecule has 0 aromatic heterocycles. The van der Waals surface area contributed by atoms with Gasteiger partial charge in [0.15, 0.2) is 0 Å². The van der Waals surface area contributed by atoms with Crippen LogP contribution >= 0.6 is 0 Å². The first-order valence-corrected chi connectivity index (χ1v) is 6.82. The van der Waals surface area contributed by atoms with Crippen LogP contribution in [0.1, 0.15) is 24.8 Å². The highest BCUT2D eigenvalue weighted by molar-refractivity contribution is 5.99. The van der Waals surface area contributed by atoms with Gasteiger partial charge in [0.05, 0.1) is 13.0 Å². The lowest BCUT2D eigenvalue weighted by Gasteiger charge is -2.21. The van der Waals surface area contributed by atoms with Crippen molar-refractivity contribution in [1.29, 1.82) is 0 Å². The number of hydrogen-bond donors (Lipinski definition) is 1. The smallest absolute Gasteiger partial charge is 0.313 e. The van der Waals surface area contributed by atoms with Gasteiger partial charge in [0.1, 0.15) is 0 Å². The Morgan fingerprint density at radius 3 is 2.75 bits per heavy atom. The fourth-order valence-electron chi connectivity index (χ4n) is 2.40. The zero-order valence-corrected chi connectivity index (χ0v) is 11.6. The molecule has 0 saturated carbocycles. The first-order chi connectivity index (χ1) is 9.72. The molecule has 106 valence electrons. The zero-order chi connectivity index (χ0) is 14.4. The summed E-state index contributed by atoms with van der Waals surface area (Å²) in [5.74, 6) is -0.931. The van der Waals surface area contributed by atoms with Gasteiger partial charge < -0.3 is 10.1 Å². The predicted molar refractivity (Wildman–Crippen MR) is 75.7 cm³/mol. The van der Waals surface area contributed by atoms with Gasteiger partial charge in [0.25, 0.3) is 0 Å². The molecule has 1 aromatic carbocycles. The average Bonchev–Trinajstić information content (AvgIpc) is 2.52. The molecular weight excluding hydrogens is 254 g/mol. The minimum Gasteiger partial charge on any atom is -0.469 e. The SMILES string of the molecule is COC(=O)C1CCCC=C1C(=O)NCc1ccccc1. The predicted octanol–water partition coefficient (Wildman–Crippen LogP) is 2.20. The molecule has 0 radical (unpaired) electrons. The molecule has 1 aliphatic rings. The topological polar surface area (TPSA) is 55.4 Å². The number of carbonyl (C=O) groups excluding carboxylic acids is 2. The summed E-state index contributed by atoms with van der Waals surface area (Å²) in [5.41, 5.74) is 1.57. The van der Waals surface area contributed by atoms with E-state index in [-0.39, 0.29) is 11.9 Å². The normalized spacial score (nSPS) is 18.1. The molecule has 1 aliphatic carbocycles. The van der Waals surface area contributed by atoms with Crippen LogP contribution in [0.3, 0.4) is 0 Å². The molecule has 1 atom stereocenters. The molecular formula is C16H19NO3. The number of carbonyl (C=O) groups is 2. The van der Waals surface area contributed by atoms with Gasteiger partial charge in [0.2, 0.25) is 5.91 Å². The van der Waals surface area contributed by atoms with Gasteiger partial charge in [-0.05, 0) is 24.8 Å². The first kappa shape index (κ1) is 14.3. The van der Waals surface area contributed by atoms with Crippen LogP contribution in [0.15, 0.2) is 42.0 Å². The van der Waals surface area contributed by atoms with Crippen LogP contribution in [-0.4, -0.2) is 19.0 Å². The molecule has 1 amide bonds. The number of esters is 1. The third-order valence-corrected chi connectivity index (χ3v) is 3.48. The van der Waals surface area contributed by atoms with Crippen molar-refractivity contribution in [1.82, 2.24) is 5.32 Å². The number of methoxy groups -OCH3 is 1. The summed E-state index contributed by atoms with van der Waals surface area (Å²) < 4.78 is 4.77. The molecule has 0 fully saturated rings. The maximum atomic E-state index is 12.2. The van der Waals surface area contributed by atoms with Crippen LogP contribution < -0.4 is 5.32 Å². The maximum absolute atomic E-state index is 12.2. The summed E-state index contributed by atoms with van der Waals surface area (Å²) in [5, 5.41) is 2.86. The number of nitrogens with one attached hydrogen (secondary N) is 1. The van der Waals surface area contributed by atoms with Crippen LogP contribution in [0.2, 0.25) is 0 Å². The van der Waals surface area contributed by atoms with Crippen molar-refractivity contribution in [2.45, 2.75) is 25.8 Å². The summed E-state index contributed by atoms with van der Waals surface area (Å²) in [6, 6.07) is 9.69. The van der Waals surface area contributed by atoms with E-state index in [2.05, 4.69) is 5.32 Å². The Balaban J connectivity index is 2.00. The number of amides is 1. The van der Waals surface area contributed by atoms with E-state index < -0.39 is 5.92 Å². The van der Waals surface area contributed by atoms with Gasteiger partial charge in [0, 0.05) is 12.1 Å². The highest BCUT2D eigenvalue weighted by Crippen LogP contribution is 2.26. The monoisotopic (exact) mass is 273 g/mol. The van der Waals surface area contributed by atoms with Crippen LogP contribution in [0.5, 0.6) is 0 Å². The largest absolute Gasteiger partial charge is 0.469 e. The standard InChI is InChI=1S/C16H19NO3/c1-20-16(19)14-10-6-5-9-13(14)15(18)17-11-12-7-3-2-4-8-12/h2-4,7-9,14H,5-6,10-11H2,1H3,(H,17,18). The van der Waals surface area contributed by atoms with Gasteiger partial charge in [-0.25, -0.2) is 0 Å². The van der Waals surface area contributed by atoms with Crippen molar-refractivity contribution in [3.63, 3.8) is 0 Å². The Bertz CT molecular complexity index is 508. The molecule has 1 N–H and O–H groups in total. The lowest BCUT2D eigenvalue weighted by Crippen LogP contribution is -2.32. The molecule has 1 aromatic rings. The molecule has 2 rings (SSSR count). The molecule has 1 unspecified atom stereocenters. The fraction of sp³-hybridized carbons (Fsp3) is 0.375.